The monoisotopic (exact) mass is 429 g/mol. The van der Waals surface area contributed by atoms with Gasteiger partial charge in [-0.25, -0.2) is 9.78 Å². The minimum Gasteiger partial charge on any atom is -0.459 e. The number of nitrogens with zero attached hydrogens (tertiary/aromatic N) is 3. The maximum Gasteiger partial charge on any atom is 0.342 e. The second-order valence-corrected chi connectivity index (χ2v) is 8.63. The van der Waals surface area contributed by atoms with Gasteiger partial charge >= 0.3 is 5.97 Å². The van der Waals surface area contributed by atoms with E-state index < -0.39 is 0 Å². The molecule has 0 radical (unpaired) electrons. The smallest absolute Gasteiger partial charge is 0.342 e. The van der Waals surface area contributed by atoms with Crippen molar-refractivity contribution in [3.63, 3.8) is 0 Å². The Hall–Kier alpha value is -3.18. The Morgan fingerprint density at radius 3 is 2.31 bits per heavy atom. The lowest BCUT2D eigenvalue weighted by atomic mass is 10.00. The number of pyridine rings is 1. The number of esters is 1. The number of rotatable bonds is 6. The van der Waals surface area contributed by atoms with Crippen LogP contribution in [0.5, 0.6) is 0 Å². The summed E-state index contributed by atoms with van der Waals surface area (Å²) in [5.74, 6) is 0.399. The van der Waals surface area contributed by atoms with Crippen molar-refractivity contribution in [2.75, 3.05) is 31.1 Å². The fraction of sp³-hybridized carbons (Fsp3) is 0.333. The number of ether oxygens (including phenoxy) is 1. The Morgan fingerprint density at radius 1 is 0.969 bits per heavy atom. The first-order chi connectivity index (χ1) is 15.5. The molecule has 0 bridgehead atoms. The first-order valence-corrected chi connectivity index (χ1v) is 11.3. The molecule has 4 rings (SSSR count). The lowest BCUT2D eigenvalue weighted by Crippen LogP contribution is -2.46. The lowest BCUT2D eigenvalue weighted by Gasteiger charge is -2.36. The minimum absolute atomic E-state index is 0.189. The number of hydrogen-bond donors (Lipinski definition) is 0. The van der Waals surface area contributed by atoms with Crippen LogP contribution in [0.3, 0.4) is 0 Å². The lowest BCUT2D eigenvalue weighted by molar-refractivity contribution is 0.0379. The number of carbonyl (C=O) groups excluding carboxylic acids is 1. The molecule has 0 atom stereocenters. The third-order valence-electron chi connectivity index (χ3n) is 5.76. The van der Waals surface area contributed by atoms with Crippen LogP contribution in [0.1, 0.15) is 35.3 Å². The molecule has 1 fully saturated rings. The Bertz CT molecular complexity index is 1040. The van der Waals surface area contributed by atoms with Gasteiger partial charge in [-0.3, -0.25) is 4.90 Å². The van der Waals surface area contributed by atoms with E-state index in [1.54, 1.807) is 6.20 Å². The van der Waals surface area contributed by atoms with Crippen LogP contribution in [0.25, 0.3) is 11.1 Å². The van der Waals surface area contributed by atoms with E-state index in [1.165, 1.54) is 11.1 Å². The van der Waals surface area contributed by atoms with Crippen molar-refractivity contribution in [1.29, 1.82) is 0 Å². The zero-order chi connectivity index (χ0) is 22.5. The number of aromatic nitrogens is 1. The SMILES string of the molecule is Cc1ccc(CN2CCN(c3nccc(-c4ccccc4)c3C(=O)OC(C)C)CC2)cc1. The van der Waals surface area contributed by atoms with Gasteiger partial charge in [0.15, 0.2) is 0 Å². The third-order valence-corrected chi connectivity index (χ3v) is 5.76. The quantitative estimate of drug-likeness (QED) is 0.519. The molecule has 166 valence electrons. The van der Waals surface area contributed by atoms with Crippen molar-refractivity contribution in [3.05, 3.63) is 83.6 Å². The number of piperazine rings is 1. The van der Waals surface area contributed by atoms with E-state index in [4.69, 9.17) is 4.74 Å². The van der Waals surface area contributed by atoms with E-state index in [0.717, 1.165) is 43.9 Å². The van der Waals surface area contributed by atoms with E-state index in [0.29, 0.717) is 11.4 Å². The topological polar surface area (TPSA) is 45.7 Å². The highest BCUT2D eigenvalue weighted by atomic mass is 16.5. The molecule has 3 aromatic rings. The Morgan fingerprint density at radius 2 is 1.66 bits per heavy atom. The van der Waals surface area contributed by atoms with Gasteiger partial charge < -0.3 is 9.64 Å². The first-order valence-electron chi connectivity index (χ1n) is 11.3. The molecule has 0 spiro atoms. The molecule has 1 aliphatic heterocycles. The Kier molecular flexibility index (Phi) is 6.86. The minimum atomic E-state index is -0.316. The predicted octanol–water partition coefficient (Wildman–Crippen LogP) is 4.94. The number of aryl methyl sites for hydroxylation is 1. The molecule has 5 nitrogen and oxygen atoms in total. The summed E-state index contributed by atoms with van der Waals surface area (Å²) in [4.78, 5) is 22.5. The van der Waals surface area contributed by atoms with Crippen molar-refractivity contribution in [1.82, 2.24) is 9.88 Å². The number of anilines is 1. The maximum absolute atomic E-state index is 13.1. The second kappa shape index (κ2) is 9.96. The normalized spacial score (nSPS) is 14.6. The van der Waals surface area contributed by atoms with Crippen LogP contribution in [-0.2, 0) is 11.3 Å². The molecular formula is C27H31N3O2. The van der Waals surface area contributed by atoms with Crippen LogP contribution in [0, 0.1) is 6.92 Å². The van der Waals surface area contributed by atoms with Gasteiger partial charge in [-0.15, -0.1) is 0 Å². The summed E-state index contributed by atoms with van der Waals surface area (Å²) >= 11 is 0. The van der Waals surface area contributed by atoms with Crippen molar-refractivity contribution < 1.29 is 9.53 Å². The maximum atomic E-state index is 13.1. The van der Waals surface area contributed by atoms with E-state index in [2.05, 4.69) is 46.0 Å². The highest BCUT2D eigenvalue weighted by Crippen LogP contribution is 2.31. The molecular weight excluding hydrogens is 398 g/mol. The van der Waals surface area contributed by atoms with Gasteiger partial charge in [0.05, 0.1) is 6.10 Å². The van der Waals surface area contributed by atoms with E-state index in [-0.39, 0.29) is 12.1 Å². The van der Waals surface area contributed by atoms with Crippen LogP contribution in [0.4, 0.5) is 5.82 Å². The summed E-state index contributed by atoms with van der Waals surface area (Å²) in [5, 5.41) is 0. The van der Waals surface area contributed by atoms with E-state index >= 15 is 0 Å². The highest BCUT2D eigenvalue weighted by Gasteiger charge is 2.27. The van der Waals surface area contributed by atoms with Crippen LogP contribution in [0.15, 0.2) is 66.9 Å². The molecule has 2 aromatic carbocycles. The molecule has 1 aromatic heterocycles. The number of hydrogen-bond acceptors (Lipinski definition) is 5. The van der Waals surface area contributed by atoms with Crippen LogP contribution in [-0.4, -0.2) is 48.1 Å². The summed E-state index contributed by atoms with van der Waals surface area (Å²) in [6.45, 7) is 10.3. The first kappa shape index (κ1) is 22.0. The van der Waals surface area contributed by atoms with Crippen LogP contribution >= 0.6 is 0 Å². The molecule has 32 heavy (non-hydrogen) atoms. The molecule has 5 heteroatoms. The fourth-order valence-corrected chi connectivity index (χ4v) is 4.09. The standard InChI is InChI=1S/C27H31N3O2/c1-20(2)32-27(31)25-24(23-7-5-4-6-8-23)13-14-28-26(25)30-17-15-29(16-18-30)19-22-11-9-21(3)10-12-22/h4-14,20H,15-19H2,1-3H3. The van der Waals surface area contributed by atoms with Crippen LogP contribution in [0.2, 0.25) is 0 Å². The van der Waals surface area contributed by atoms with Gasteiger partial charge in [0, 0.05) is 44.5 Å². The van der Waals surface area contributed by atoms with Crippen molar-refractivity contribution in [3.8, 4) is 11.1 Å². The summed E-state index contributed by atoms with van der Waals surface area (Å²) in [6.07, 6.45) is 1.60. The van der Waals surface area contributed by atoms with Gasteiger partial charge in [0.1, 0.15) is 11.4 Å². The van der Waals surface area contributed by atoms with Gasteiger partial charge in [-0.2, -0.15) is 0 Å². The molecule has 0 saturated carbocycles. The third kappa shape index (κ3) is 5.17. The van der Waals surface area contributed by atoms with Crippen molar-refractivity contribution >= 4 is 11.8 Å². The molecule has 0 amide bonds. The second-order valence-electron chi connectivity index (χ2n) is 8.63. The molecule has 0 aliphatic carbocycles. The molecule has 2 heterocycles. The number of carbonyl (C=O) groups is 1. The van der Waals surface area contributed by atoms with Gasteiger partial charge in [-0.05, 0) is 38.0 Å². The van der Waals surface area contributed by atoms with Crippen LogP contribution < -0.4 is 4.90 Å². The summed E-state index contributed by atoms with van der Waals surface area (Å²) in [6, 6.07) is 20.6. The fourth-order valence-electron chi connectivity index (χ4n) is 4.09. The van der Waals surface area contributed by atoms with Gasteiger partial charge in [-0.1, -0.05) is 60.2 Å². The van der Waals surface area contributed by atoms with Crippen molar-refractivity contribution in [2.24, 2.45) is 0 Å². The predicted molar refractivity (Wildman–Crippen MR) is 129 cm³/mol. The summed E-state index contributed by atoms with van der Waals surface area (Å²) < 4.78 is 5.62. The molecule has 0 N–H and O–H groups in total. The van der Waals surface area contributed by atoms with E-state index in [1.807, 2.05) is 50.2 Å². The van der Waals surface area contributed by atoms with Crippen molar-refractivity contribution in [2.45, 2.75) is 33.4 Å². The van der Waals surface area contributed by atoms with Gasteiger partial charge in [0.2, 0.25) is 0 Å². The average molecular weight is 430 g/mol. The van der Waals surface area contributed by atoms with Gasteiger partial charge in [0.25, 0.3) is 0 Å². The highest BCUT2D eigenvalue weighted by molar-refractivity contribution is 6.02. The molecule has 1 aliphatic rings. The number of benzene rings is 2. The molecule has 0 unspecified atom stereocenters. The zero-order valence-electron chi connectivity index (χ0n) is 19.1. The largest absolute Gasteiger partial charge is 0.459 e. The Balaban J connectivity index is 1.56. The zero-order valence-corrected chi connectivity index (χ0v) is 19.1. The summed E-state index contributed by atoms with van der Waals surface area (Å²) in [7, 11) is 0. The summed E-state index contributed by atoms with van der Waals surface area (Å²) in [5.41, 5.74) is 5.02. The molecule has 1 saturated heterocycles. The average Bonchev–Trinajstić information content (AvgIpc) is 2.81. The van der Waals surface area contributed by atoms with E-state index in [9.17, 15) is 4.79 Å². The Labute approximate surface area is 190 Å².